The molecule has 0 amide bonds. The Labute approximate surface area is 98.2 Å². The van der Waals surface area contributed by atoms with Gasteiger partial charge in [0, 0.05) is 0 Å². The van der Waals surface area contributed by atoms with E-state index in [1.807, 2.05) is 20.8 Å². The molecule has 0 aromatic rings. The average Bonchev–Trinajstić information content (AvgIpc) is 2.44. The first-order valence-electron chi connectivity index (χ1n) is 4.48. The molecule has 1 aliphatic heterocycles. The van der Waals surface area contributed by atoms with Gasteiger partial charge in [-0.25, -0.2) is 0 Å². The van der Waals surface area contributed by atoms with Crippen LogP contribution < -0.4 is 0 Å². The molecule has 1 fully saturated rings. The fraction of sp³-hybridized carbons (Fsp3) is 0.750. The molecule has 4 nitrogen and oxygen atoms in total. The zero-order valence-corrected chi connectivity index (χ0v) is 12.6. The molecule has 1 atom stereocenters. The third-order valence-electron chi connectivity index (χ3n) is 1.93. The number of hydrogen-bond donors (Lipinski definition) is 1. The van der Waals surface area contributed by atoms with Crippen LogP contribution in [-0.2, 0) is 13.4 Å². The summed E-state index contributed by atoms with van der Waals surface area (Å²) in [6.07, 6.45) is 0. The molecule has 1 saturated heterocycles. The van der Waals surface area contributed by atoms with Crippen LogP contribution in [0.2, 0.25) is 4.25 Å². The topological polar surface area (TPSA) is 63.6 Å². The van der Waals surface area contributed by atoms with Crippen LogP contribution in [0.3, 0.4) is 0 Å². The molecular weight excluding hydrogens is 297 g/mol. The van der Waals surface area contributed by atoms with Gasteiger partial charge in [0.2, 0.25) is 0 Å². The van der Waals surface area contributed by atoms with E-state index in [1.165, 1.54) is 10.1 Å². The Bertz CT molecular complexity index is 289. The van der Waals surface area contributed by atoms with Gasteiger partial charge in [0.25, 0.3) is 0 Å². The Morgan fingerprint density at radius 1 is 1.67 bits per heavy atom. The van der Waals surface area contributed by atoms with Crippen molar-refractivity contribution >= 4 is 43.4 Å². The molecule has 1 N–H and O–H groups in total. The number of rotatable bonds is 3. The molecule has 1 aliphatic rings. The number of carboxylic acid groups (broad SMARTS) is 1. The molecule has 0 saturated carbocycles. The zero-order chi connectivity index (χ0) is 11.7. The zero-order valence-electron chi connectivity index (χ0n) is 8.90. The van der Waals surface area contributed by atoms with E-state index in [-0.39, 0.29) is 16.0 Å². The predicted molar refractivity (Wildman–Crippen MR) is 64.1 cm³/mol. The molecular formula is C8H14GeO4S2. The van der Waals surface area contributed by atoms with Gasteiger partial charge in [-0.15, -0.1) is 0 Å². The van der Waals surface area contributed by atoms with Crippen molar-refractivity contribution in [3.63, 3.8) is 0 Å². The van der Waals surface area contributed by atoms with Gasteiger partial charge in [0.15, 0.2) is 0 Å². The van der Waals surface area contributed by atoms with E-state index in [0.29, 0.717) is 5.75 Å². The minimum absolute atomic E-state index is 0.0253. The Morgan fingerprint density at radius 2 is 2.27 bits per heavy atom. The molecule has 0 radical (unpaired) electrons. The van der Waals surface area contributed by atoms with Gasteiger partial charge in [0.1, 0.15) is 0 Å². The van der Waals surface area contributed by atoms with Gasteiger partial charge in [-0.05, 0) is 0 Å². The van der Waals surface area contributed by atoms with Gasteiger partial charge in [-0.2, -0.15) is 0 Å². The Morgan fingerprint density at radius 3 is 2.60 bits per heavy atom. The first-order chi connectivity index (χ1) is 6.77. The van der Waals surface area contributed by atoms with Gasteiger partial charge < -0.3 is 0 Å². The molecule has 15 heavy (non-hydrogen) atoms. The molecule has 86 valence electrons. The fourth-order valence-corrected chi connectivity index (χ4v) is 19.3. The van der Waals surface area contributed by atoms with Crippen LogP contribution >= 0.6 is 20.2 Å². The summed E-state index contributed by atoms with van der Waals surface area (Å²) in [5, 5.41) is 8.68. The van der Waals surface area contributed by atoms with Gasteiger partial charge in [0.05, 0.1) is 0 Å². The van der Waals surface area contributed by atoms with Crippen molar-refractivity contribution in [2.75, 3.05) is 11.5 Å². The van der Waals surface area contributed by atoms with E-state index < -0.39 is 17.3 Å². The van der Waals surface area contributed by atoms with Crippen molar-refractivity contribution in [2.45, 2.75) is 25.0 Å². The normalized spacial score (nSPS) is 26.5. The summed E-state index contributed by atoms with van der Waals surface area (Å²) in [6.45, 7) is 6.06. The maximum absolute atomic E-state index is 11.2. The van der Waals surface area contributed by atoms with Crippen LogP contribution in [0.1, 0.15) is 20.8 Å². The number of carbonyl (C=O) groups is 2. The molecule has 0 aromatic heterocycles. The van der Waals surface area contributed by atoms with Crippen LogP contribution in [0, 0.1) is 0 Å². The number of hydrogen-bond acceptors (Lipinski definition) is 5. The van der Waals surface area contributed by atoms with Crippen LogP contribution in [0.15, 0.2) is 0 Å². The summed E-state index contributed by atoms with van der Waals surface area (Å²) in [5.41, 5.74) is 0. The standard InChI is InChI=1S/C8H14GeO4S2/c1-8(2,3)9(14-4-6(10)11)13-7(12)5-15-9/h4-5H2,1-3H3,(H,10,11)/t9-/m1/s1. The minimum atomic E-state index is -2.92. The SMILES string of the molecule is C[C](C)(C)[Ge@]1([S]CC(=O)O)[O]C(=O)C[S]1. The van der Waals surface area contributed by atoms with Crippen LogP contribution in [-0.4, -0.2) is 39.9 Å². The van der Waals surface area contributed by atoms with Crippen LogP contribution in [0.4, 0.5) is 0 Å². The fourth-order valence-electron chi connectivity index (χ4n) is 1.18. The number of carbonyl (C=O) groups excluding carboxylic acids is 1. The molecule has 0 aromatic carbocycles. The van der Waals surface area contributed by atoms with Gasteiger partial charge in [-0.3, -0.25) is 0 Å². The summed E-state index contributed by atoms with van der Waals surface area (Å²) in [5.74, 6) is -0.632. The summed E-state index contributed by atoms with van der Waals surface area (Å²) in [6, 6.07) is 0. The van der Waals surface area contributed by atoms with Gasteiger partial charge >= 0.3 is 98.4 Å². The van der Waals surface area contributed by atoms with E-state index in [0.717, 1.165) is 0 Å². The number of aliphatic carboxylic acids is 1. The van der Waals surface area contributed by atoms with E-state index in [4.69, 9.17) is 8.87 Å². The Kier molecular flexibility index (Phi) is 4.05. The first kappa shape index (κ1) is 13.2. The second-order valence-corrected chi connectivity index (χ2v) is 22.3. The van der Waals surface area contributed by atoms with Crippen molar-refractivity contribution in [3.05, 3.63) is 0 Å². The van der Waals surface area contributed by atoms with Crippen molar-refractivity contribution in [1.29, 1.82) is 0 Å². The monoisotopic (exact) mass is 312 g/mol. The van der Waals surface area contributed by atoms with Crippen molar-refractivity contribution < 1.29 is 18.5 Å². The van der Waals surface area contributed by atoms with Crippen molar-refractivity contribution in [2.24, 2.45) is 0 Å². The third kappa shape index (κ3) is 3.07. The summed E-state index contributed by atoms with van der Waals surface area (Å²) >= 11 is -2.92. The Hall–Kier alpha value is 0.183. The summed E-state index contributed by atoms with van der Waals surface area (Å²) in [4.78, 5) is 21.8. The summed E-state index contributed by atoms with van der Waals surface area (Å²) < 4.78 is 5.37. The third-order valence-corrected chi connectivity index (χ3v) is 25.9. The molecule has 0 aliphatic carbocycles. The molecule has 0 spiro atoms. The predicted octanol–water partition coefficient (Wildman–Crippen LogP) is 1.83. The van der Waals surface area contributed by atoms with E-state index in [2.05, 4.69) is 0 Å². The number of carboxylic acids is 1. The molecule has 7 heteroatoms. The van der Waals surface area contributed by atoms with Crippen LogP contribution in [0.25, 0.3) is 0 Å². The molecule has 0 unspecified atom stereocenters. The van der Waals surface area contributed by atoms with Crippen LogP contribution in [0.5, 0.6) is 0 Å². The molecule has 0 bridgehead atoms. The van der Waals surface area contributed by atoms with E-state index in [1.54, 1.807) is 10.1 Å². The first-order valence-corrected chi connectivity index (χ1v) is 13.5. The second-order valence-electron chi connectivity index (χ2n) is 4.25. The molecule has 1 rings (SSSR count). The quantitative estimate of drug-likeness (QED) is 0.802. The van der Waals surface area contributed by atoms with Crippen molar-refractivity contribution in [1.82, 2.24) is 0 Å². The average molecular weight is 311 g/mol. The van der Waals surface area contributed by atoms with E-state index in [9.17, 15) is 9.59 Å². The van der Waals surface area contributed by atoms with Crippen molar-refractivity contribution in [3.8, 4) is 0 Å². The second kappa shape index (κ2) is 4.59. The van der Waals surface area contributed by atoms with Gasteiger partial charge in [-0.1, -0.05) is 0 Å². The summed E-state index contributed by atoms with van der Waals surface area (Å²) in [7, 11) is 2.92. The molecule has 1 heterocycles. The maximum atomic E-state index is 11.2. The Balaban J connectivity index is 2.79. The van der Waals surface area contributed by atoms with E-state index >= 15 is 0 Å².